The van der Waals surface area contributed by atoms with Crippen LogP contribution in [0.25, 0.3) is 0 Å². The molecule has 3 atom stereocenters. The van der Waals surface area contributed by atoms with E-state index in [0.29, 0.717) is 11.1 Å². The largest absolute Gasteiger partial charge is 0.396 e. The average molecular weight is 397 g/mol. The van der Waals surface area contributed by atoms with Crippen molar-refractivity contribution in [1.29, 1.82) is 0 Å². The molecule has 3 unspecified atom stereocenters. The van der Waals surface area contributed by atoms with E-state index in [-0.39, 0.29) is 31.1 Å². The Hall–Kier alpha value is -1.86. The Morgan fingerprint density at radius 3 is 2.67 bits per heavy atom. The van der Waals surface area contributed by atoms with Gasteiger partial charge in [-0.3, -0.25) is 19.5 Å². The van der Waals surface area contributed by atoms with E-state index in [4.69, 9.17) is 4.52 Å². The van der Waals surface area contributed by atoms with Gasteiger partial charge in [-0.05, 0) is 18.6 Å². The molecule has 0 aromatic heterocycles. The lowest BCUT2D eigenvalue weighted by Crippen LogP contribution is -2.30. The summed E-state index contributed by atoms with van der Waals surface area (Å²) < 4.78 is 18.3. The zero-order valence-electron chi connectivity index (χ0n) is 15.5. The van der Waals surface area contributed by atoms with Crippen molar-refractivity contribution in [3.05, 3.63) is 51.6 Å². The van der Waals surface area contributed by atoms with Crippen LogP contribution >= 0.6 is 7.60 Å². The molecule has 0 aliphatic heterocycles. The summed E-state index contributed by atoms with van der Waals surface area (Å²) >= 11 is 0. The van der Waals surface area contributed by atoms with Crippen molar-refractivity contribution < 1.29 is 28.8 Å². The zero-order chi connectivity index (χ0) is 20.4. The van der Waals surface area contributed by atoms with E-state index in [0.717, 1.165) is 0 Å². The fraction of sp³-hybridized carbons (Fsp3) is 0.500. The normalized spacial score (nSPS) is 22.9. The van der Waals surface area contributed by atoms with Crippen LogP contribution in [-0.4, -0.2) is 39.6 Å². The maximum atomic E-state index is 13.0. The number of nitro benzene ring substituents is 1. The molecular weight excluding hydrogens is 373 g/mol. The highest BCUT2D eigenvalue weighted by molar-refractivity contribution is 7.54. The van der Waals surface area contributed by atoms with Crippen LogP contribution in [0.1, 0.15) is 38.7 Å². The second kappa shape index (κ2) is 8.02. The lowest BCUT2D eigenvalue weighted by molar-refractivity contribution is -0.384. The smallest absolute Gasteiger partial charge is 0.335 e. The van der Waals surface area contributed by atoms with E-state index in [1.807, 2.05) is 0 Å². The molecule has 0 bridgehead atoms. The molecule has 148 valence electrons. The SMILES string of the molecule is CC1=CC(=O)CC(c2cccc([N+](=O)[O-])c2)C1P(=O)(O)OCC(C)(C)CO. The summed E-state index contributed by atoms with van der Waals surface area (Å²) in [6.45, 7) is 4.60. The molecule has 2 N–H and O–H groups in total. The molecule has 0 fully saturated rings. The van der Waals surface area contributed by atoms with E-state index < -0.39 is 29.5 Å². The molecule has 0 saturated heterocycles. The van der Waals surface area contributed by atoms with Crippen LogP contribution in [-0.2, 0) is 13.9 Å². The van der Waals surface area contributed by atoms with Crippen LogP contribution in [0.2, 0.25) is 0 Å². The molecule has 0 spiro atoms. The maximum absolute atomic E-state index is 13.0. The Balaban J connectivity index is 2.42. The summed E-state index contributed by atoms with van der Waals surface area (Å²) in [7, 11) is -4.22. The van der Waals surface area contributed by atoms with Crippen LogP contribution in [0, 0.1) is 15.5 Å². The number of benzene rings is 1. The van der Waals surface area contributed by atoms with E-state index in [9.17, 15) is 29.5 Å². The highest BCUT2D eigenvalue weighted by atomic mass is 31.2. The van der Waals surface area contributed by atoms with Gasteiger partial charge in [0, 0.05) is 29.9 Å². The summed E-state index contributed by atoms with van der Waals surface area (Å²) in [4.78, 5) is 33.2. The van der Waals surface area contributed by atoms with Gasteiger partial charge >= 0.3 is 7.60 Å². The van der Waals surface area contributed by atoms with Crippen molar-refractivity contribution in [2.24, 2.45) is 5.41 Å². The molecule has 2 rings (SSSR count). The summed E-state index contributed by atoms with van der Waals surface area (Å²) in [5.41, 5.74) is -1.01. The first-order valence-corrected chi connectivity index (χ1v) is 10.1. The Labute approximate surface area is 157 Å². The van der Waals surface area contributed by atoms with Gasteiger partial charge in [-0.1, -0.05) is 31.6 Å². The van der Waals surface area contributed by atoms with E-state index >= 15 is 0 Å². The summed E-state index contributed by atoms with van der Waals surface area (Å²) in [6, 6.07) is 5.74. The second-order valence-corrected chi connectivity index (χ2v) is 9.56. The minimum Gasteiger partial charge on any atom is -0.396 e. The molecule has 1 aromatic carbocycles. The van der Waals surface area contributed by atoms with Gasteiger partial charge in [-0.25, -0.2) is 0 Å². The third kappa shape index (κ3) is 5.11. The zero-order valence-corrected chi connectivity index (χ0v) is 16.4. The standard InChI is InChI=1S/C18H24NO7P/c1-12-7-15(21)9-16(13-5-4-6-14(8-13)19(22)23)17(12)27(24,25)26-11-18(2,3)10-20/h4-8,16-17,20H,9-11H2,1-3H3,(H,24,25). The van der Waals surface area contributed by atoms with Crippen molar-refractivity contribution in [1.82, 2.24) is 0 Å². The minimum atomic E-state index is -4.22. The first-order valence-electron chi connectivity index (χ1n) is 8.50. The van der Waals surface area contributed by atoms with Crippen molar-refractivity contribution in [3.63, 3.8) is 0 Å². The molecule has 8 nitrogen and oxygen atoms in total. The minimum absolute atomic E-state index is 0.0412. The van der Waals surface area contributed by atoms with Gasteiger partial charge in [-0.15, -0.1) is 0 Å². The number of hydrogen-bond donors (Lipinski definition) is 2. The fourth-order valence-corrected chi connectivity index (χ4v) is 5.11. The van der Waals surface area contributed by atoms with Crippen molar-refractivity contribution in [3.8, 4) is 0 Å². The molecule has 1 aliphatic carbocycles. The molecule has 27 heavy (non-hydrogen) atoms. The van der Waals surface area contributed by atoms with Gasteiger partial charge in [0.25, 0.3) is 5.69 Å². The van der Waals surface area contributed by atoms with E-state index in [2.05, 4.69) is 0 Å². The quantitative estimate of drug-likeness (QED) is 0.411. The Morgan fingerprint density at radius 2 is 2.07 bits per heavy atom. The number of aliphatic hydroxyl groups is 1. The molecule has 1 aliphatic rings. The number of carbonyl (C=O) groups is 1. The summed E-state index contributed by atoms with van der Waals surface area (Å²) in [5.74, 6) is -0.925. The predicted octanol–water partition coefficient (Wildman–Crippen LogP) is 3.19. The summed E-state index contributed by atoms with van der Waals surface area (Å²) in [5, 5.41) is 20.4. The van der Waals surface area contributed by atoms with Crippen LogP contribution in [0.4, 0.5) is 5.69 Å². The highest BCUT2D eigenvalue weighted by Gasteiger charge is 2.44. The maximum Gasteiger partial charge on any atom is 0.335 e. The lowest BCUT2D eigenvalue weighted by Gasteiger charge is -2.34. The third-order valence-electron chi connectivity index (χ3n) is 4.59. The van der Waals surface area contributed by atoms with Crippen molar-refractivity contribution in [2.75, 3.05) is 13.2 Å². The number of non-ortho nitro benzene ring substituents is 1. The second-order valence-electron chi connectivity index (χ2n) is 7.62. The fourth-order valence-electron chi connectivity index (χ4n) is 3.09. The number of rotatable bonds is 7. The first kappa shape index (κ1) is 21.4. The molecule has 0 amide bonds. The molecule has 0 heterocycles. The number of ketones is 1. The Morgan fingerprint density at radius 1 is 1.41 bits per heavy atom. The van der Waals surface area contributed by atoms with Crippen molar-refractivity contribution in [2.45, 2.75) is 38.8 Å². The number of hydrogen-bond acceptors (Lipinski definition) is 6. The lowest BCUT2D eigenvalue weighted by atomic mass is 9.83. The first-order chi connectivity index (χ1) is 12.5. The number of nitrogens with zero attached hydrogens (tertiary/aromatic N) is 1. The average Bonchev–Trinajstić information content (AvgIpc) is 2.59. The molecule has 0 saturated carbocycles. The van der Waals surface area contributed by atoms with Gasteiger partial charge in [0.15, 0.2) is 5.78 Å². The molecule has 9 heteroatoms. The number of carbonyl (C=O) groups excluding carboxylic acids is 1. The molecule has 1 aromatic rings. The topological polar surface area (TPSA) is 127 Å². The highest BCUT2D eigenvalue weighted by Crippen LogP contribution is 2.58. The predicted molar refractivity (Wildman–Crippen MR) is 99.7 cm³/mol. The number of nitro groups is 1. The molecular formula is C18H24NO7P. The van der Waals surface area contributed by atoms with Crippen LogP contribution in [0.5, 0.6) is 0 Å². The van der Waals surface area contributed by atoms with Gasteiger partial charge < -0.3 is 14.5 Å². The molecule has 0 radical (unpaired) electrons. The monoisotopic (exact) mass is 397 g/mol. The Kier molecular flexibility index (Phi) is 6.37. The van der Waals surface area contributed by atoms with Gasteiger partial charge in [-0.2, -0.15) is 0 Å². The van der Waals surface area contributed by atoms with Crippen LogP contribution in [0.3, 0.4) is 0 Å². The van der Waals surface area contributed by atoms with Crippen molar-refractivity contribution >= 4 is 19.1 Å². The Bertz CT molecular complexity index is 818. The summed E-state index contributed by atoms with van der Waals surface area (Å²) in [6.07, 6.45) is 1.28. The van der Waals surface area contributed by atoms with E-state index in [1.54, 1.807) is 26.8 Å². The number of allylic oxidation sites excluding steroid dienone is 2. The van der Waals surface area contributed by atoms with Crippen LogP contribution < -0.4 is 0 Å². The third-order valence-corrected chi connectivity index (χ3v) is 6.56. The number of aliphatic hydroxyl groups excluding tert-OH is 1. The van der Waals surface area contributed by atoms with Crippen LogP contribution in [0.15, 0.2) is 35.9 Å². The van der Waals surface area contributed by atoms with E-state index in [1.165, 1.54) is 24.3 Å². The van der Waals surface area contributed by atoms with Gasteiger partial charge in [0.05, 0.1) is 23.8 Å². The van der Waals surface area contributed by atoms with Gasteiger partial charge in [0.2, 0.25) is 0 Å². The van der Waals surface area contributed by atoms with Gasteiger partial charge in [0.1, 0.15) is 0 Å².